The van der Waals surface area contributed by atoms with Gasteiger partial charge in [0, 0.05) is 24.7 Å². The van der Waals surface area contributed by atoms with Gasteiger partial charge in [0.1, 0.15) is 5.82 Å². The van der Waals surface area contributed by atoms with Crippen molar-refractivity contribution < 1.29 is 9.31 Å². The number of non-ortho nitro benzene ring substituents is 1. The summed E-state index contributed by atoms with van der Waals surface area (Å²) in [6.07, 6.45) is 1.59. The van der Waals surface area contributed by atoms with Crippen LogP contribution < -0.4 is 5.43 Å². The van der Waals surface area contributed by atoms with Crippen LogP contribution in [0.1, 0.15) is 16.7 Å². The predicted molar refractivity (Wildman–Crippen MR) is 106 cm³/mol. The molecule has 0 aromatic heterocycles. The van der Waals surface area contributed by atoms with E-state index in [9.17, 15) is 14.5 Å². The molecule has 0 saturated carbocycles. The first-order chi connectivity index (χ1) is 13.6. The average Bonchev–Trinajstić information content (AvgIpc) is 2.70. The van der Waals surface area contributed by atoms with Crippen molar-refractivity contribution in [3.8, 4) is 0 Å². The number of rotatable bonds is 5. The van der Waals surface area contributed by atoms with Gasteiger partial charge in [0.2, 0.25) is 0 Å². The fourth-order valence-electron chi connectivity index (χ4n) is 3.65. The highest BCUT2D eigenvalue weighted by atomic mass is 19.1. The molecular weight excluding hydrogens is 357 g/mol. The summed E-state index contributed by atoms with van der Waals surface area (Å²) in [5.41, 5.74) is 7.67. The van der Waals surface area contributed by atoms with E-state index in [2.05, 4.69) is 22.6 Å². The summed E-state index contributed by atoms with van der Waals surface area (Å²) in [5, 5.41) is 13.2. The van der Waals surface area contributed by atoms with Crippen LogP contribution in [0.2, 0.25) is 0 Å². The summed E-state index contributed by atoms with van der Waals surface area (Å²) in [7, 11) is 0. The Bertz CT molecular complexity index is 991. The van der Waals surface area contributed by atoms with Gasteiger partial charge in [0.25, 0.3) is 5.69 Å². The van der Waals surface area contributed by atoms with Crippen molar-refractivity contribution in [2.75, 3.05) is 5.43 Å². The van der Waals surface area contributed by atoms with Crippen LogP contribution in [0.3, 0.4) is 0 Å². The van der Waals surface area contributed by atoms with Crippen molar-refractivity contribution in [3.05, 3.63) is 105 Å². The molecule has 4 rings (SSSR count). The van der Waals surface area contributed by atoms with Gasteiger partial charge in [-0.25, -0.2) is 9.40 Å². The topological polar surface area (TPSA) is 58.4 Å². The Morgan fingerprint density at radius 2 is 1.79 bits per heavy atom. The number of hydrogen-bond donors (Lipinski definition) is 1. The van der Waals surface area contributed by atoms with E-state index in [1.807, 2.05) is 18.2 Å². The van der Waals surface area contributed by atoms with Crippen LogP contribution in [0.15, 0.2) is 72.8 Å². The second-order valence-electron chi connectivity index (χ2n) is 7.00. The van der Waals surface area contributed by atoms with Gasteiger partial charge >= 0.3 is 0 Å². The van der Waals surface area contributed by atoms with E-state index in [-0.39, 0.29) is 17.5 Å². The SMILES string of the molecule is O=[N+]([O-])c1cccc(NN2Cc3ccccc3CC2Cc2ccc(F)cc2)c1. The Balaban J connectivity index is 1.60. The average molecular weight is 377 g/mol. The molecule has 0 amide bonds. The highest BCUT2D eigenvalue weighted by Gasteiger charge is 2.26. The maximum absolute atomic E-state index is 13.3. The van der Waals surface area contributed by atoms with E-state index in [0.29, 0.717) is 12.2 Å². The lowest BCUT2D eigenvalue weighted by atomic mass is 9.91. The van der Waals surface area contributed by atoms with Gasteiger partial charge in [0.15, 0.2) is 0 Å². The largest absolute Gasteiger partial charge is 0.318 e. The summed E-state index contributed by atoms with van der Waals surface area (Å²) < 4.78 is 13.3. The highest BCUT2D eigenvalue weighted by Crippen LogP contribution is 2.27. The zero-order valence-electron chi connectivity index (χ0n) is 15.2. The van der Waals surface area contributed by atoms with Crippen LogP contribution in [0, 0.1) is 15.9 Å². The molecule has 1 aliphatic rings. The van der Waals surface area contributed by atoms with E-state index in [1.165, 1.54) is 35.4 Å². The first kappa shape index (κ1) is 18.1. The number of nitro benzene ring substituents is 1. The Kier molecular flexibility index (Phi) is 5.04. The normalized spacial score (nSPS) is 16.4. The van der Waals surface area contributed by atoms with Crippen LogP contribution in [0.25, 0.3) is 0 Å². The smallest absolute Gasteiger partial charge is 0.271 e. The molecule has 6 heteroatoms. The number of nitro groups is 1. The first-order valence-electron chi connectivity index (χ1n) is 9.17. The van der Waals surface area contributed by atoms with Gasteiger partial charge < -0.3 is 5.43 Å². The van der Waals surface area contributed by atoms with E-state index < -0.39 is 4.92 Å². The minimum Gasteiger partial charge on any atom is -0.318 e. The minimum absolute atomic E-state index is 0.0532. The van der Waals surface area contributed by atoms with Crippen molar-refractivity contribution in [2.45, 2.75) is 25.4 Å². The molecule has 0 spiro atoms. The molecule has 3 aromatic carbocycles. The van der Waals surface area contributed by atoms with Gasteiger partial charge in [-0.1, -0.05) is 42.5 Å². The third kappa shape index (κ3) is 4.02. The third-order valence-electron chi connectivity index (χ3n) is 5.07. The maximum atomic E-state index is 13.3. The van der Waals surface area contributed by atoms with Crippen molar-refractivity contribution in [1.29, 1.82) is 0 Å². The van der Waals surface area contributed by atoms with E-state index in [1.54, 1.807) is 18.2 Å². The van der Waals surface area contributed by atoms with E-state index in [0.717, 1.165) is 18.4 Å². The van der Waals surface area contributed by atoms with Crippen molar-refractivity contribution in [3.63, 3.8) is 0 Å². The minimum atomic E-state index is -0.396. The molecule has 1 unspecified atom stereocenters. The molecule has 3 aromatic rings. The second kappa shape index (κ2) is 7.78. The monoisotopic (exact) mass is 377 g/mol. The molecule has 0 aliphatic carbocycles. The van der Waals surface area contributed by atoms with Crippen LogP contribution in [0.5, 0.6) is 0 Å². The lowest BCUT2D eigenvalue weighted by Crippen LogP contribution is -2.45. The predicted octanol–water partition coefficient (Wildman–Crippen LogP) is 4.73. The summed E-state index contributed by atoms with van der Waals surface area (Å²) in [6.45, 7) is 0.685. The van der Waals surface area contributed by atoms with Crippen LogP contribution in [-0.2, 0) is 19.4 Å². The molecule has 1 atom stereocenters. The van der Waals surface area contributed by atoms with Gasteiger partial charge in [-0.3, -0.25) is 10.1 Å². The van der Waals surface area contributed by atoms with Crippen molar-refractivity contribution in [2.24, 2.45) is 0 Å². The fourth-order valence-corrected chi connectivity index (χ4v) is 3.65. The summed E-state index contributed by atoms with van der Waals surface area (Å²) in [6, 6.07) is 21.5. The molecule has 0 saturated heterocycles. The molecule has 1 heterocycles. The van der Waals surface area contributed by atoms with Crippen LogP contribution in [-0.4, -0.2) is 16.0 Å². The molecule has 5 nitrogen and oxygen atoms in total. The van der Waals surface area contributed by atoms with Gasteiger partial charge in [0.05, 0.1) is 10.6 Å². The van der Waals surface area contributed by atoms with Gasteiger partial charge in [-0.05, 0) is 47.7 Å². The lowest BCUT2D eigenvalue weighted by Gasteiger charge is -2.37. The Morgan fingerprint density at radius 3 is 2.54 bits per heavy atom. The molecule has 28 heavy (non-hydrogen) atoms. The number of fused-ring (bicyclic) bond motifs is 1. The van der Waals surface area contributed by atoms with E-state index >= 15 is 0 Å². The number of benzene rings is 3. The summed E-state index contributed by atoms with van der Waals surface area (Å²) >= 11 is 0. The number of nitrogens with zero attached hydrogens (tertiary/aromatic N) is 2. The zero-order valence-corrected chi connectivity index (χ0v) is 15.2. The Morgan fingerprint density at radius 1 is 1.04 bits per heavy atom. The van der Waals surface area contributed by atoms with Crippen LogP contribution in [0.4, 0.5) is 15.8 Å². The molecule has 0 radical (unpaired) electrons. The molecule has 1 N–H and O–H groups in total. The summed E-state index contributed by atoms with van der Waals surface area (Å²) in [5.74, 6) is -0.246. The first-order valence-corrected chi connectivity index (χ1v) is 9.17. The van der Waals surface area contributed by atoms with E-state index in [4.69, 9.17) is 0 Å². The number of hydrazine groups is 1. The number of halogens is 1. The van der Waals surface area contributed by atoms with Crippen molar-refractivity contribution >= 4 is 11.4 Å². The highest BCUT2D eigenvalue weighted by molar-refractivity contribution is 5.50. The van der Waals surface area contributed by atoms with Crippen LogP contribution >= 0.6 is 0 Å². The summed E-state index contributed by atoms with van der Waals surface area (Å²) in [4.78, 5) is 10.7. The fraction of sp³-hybridized carbons (Fsp3) is 0.182. The molecule has 142 valence electrons. The number of anilines is 1. The number of hydrogen-bond acceptors (Lipinski definition) is 4. The quantitative estimate of drug-likeness (QED) is 0.516. The maximum Gasteiger partial charge on any atom is 0.271 e. The third-order valence-corrected chi connectivity index (χ3v) is 5.07. The molecule has 0 bridgehead atoms. The molecule has 0 fully saturated rings. The van der Waals surface area contributed by atoms with Gasteiger partial charge in [-0.2, -0.15) is 0 Å². The lowest BCUT2D eigenvalue weighted by molar-refractivity contribution is -0.384. The standard InChI is InChI=1S/C22H20FN3O2/c23-19-10-8-16(9-11-19)12-22-13-17-4-1-2-5-18(17)15-25(22)24-20-6-3-7-21(14-20)26(27)28/h1-11,14,22,24H,12-13,15H2. The Hall–Kier alpha value is -3.25. The van der Waals surface area contributed by atoms with Crippen molar-refractivity contribution in [1.82, 2.24) is 5.01 Å². The second-order valence-corrected chi connectivity index (χ2v) is 7.00. The van der Waals surface area contributed by atoms with Gasteiger partial charge in [-0.15, -0.1) is 0 Å². The number of nitrogens with one attached hydrogen (secondary N) is 1. The Labute approximate surface area is 162 Å². The molecular formula is C22H20FN3O2. The zero-order chi connectivity index (χ0) is 19.5. The molecule has 1 aliphatic heterocycles.